The molecule has 0 amide bonds. The Labute approximate surface area is 125 Å². The summed E-state index contributed by atoms with van der Waals surface area (Å²) in [5, 5.41) is 0. The molecule has 0 saturated heterocycles. The van der Waals surface area contributed by atoms with Gasteiger partial charge in [-0.2, -0.15) is 0 Å². The zero-order valence-corrected chi connectivity index (χ0v) is 12.1. The summed E-state index contributed by atoms with van der Waals surface area (Å²) in [6.45, 7) is 0.470. The van der Waals surface area contributed by atoms with Crippen molar-refractivity contribution in [3.63, 3.8) is 0 Å². The highest BCUT2D eigenvalue weighted by Crippen LogP contribution is 2.31. The predicted molar refractivity (Wildman–Crippen MR) is 76.8 cm³/mol. The maximum absolute atomic E-state index is 5.82. The number of pyridine rings is 1. The second kappa shape index (κ2) is 5.96. The lowest BCUT2D eigenvalue weighted by atomic mass is 10.2. The fourth-order valence-corrected chi connectivity index (χ4v) is 2.15. The average molecular weight is 334 g/mol. The number of aromatic nitrogens is 1. The van der Waals surface area contributed by atoms with Crippen LogP contribution in [0.1, 0.15) is 17.5 Å². The minimum Gasteiger partial charge on any atom is -0.487 e. The van der Waals surface area contributed by atoms with E-state index >= 15 is 0 Å². The molecule has 3 rings (SSSR count). The normalized spacial score (nSPS) is 13.8. The number of hydrogen-bond donors (Lipinski definition) is 0. The molecule has 20 heavy (non-hydrogen) atoms. The van der Waals surface area contributed by atoms with Crippen molar-refractivity contribution in [3.8, 4) is 5.75 Å². The molecule has 1 aliphatic rings. The van der Waals surface area contributed by atoms with Gasteiger partial charge in [0, 0.05) is 0 Å². The first-order chi connectivity index (χ1) is 9.83. The molecule has 2 aromatic rings. The van der Waals surface area contributed by atoms with E-state index in [4.69, 9.17) is 14.2 Å². The zero-order chi connectivity index (χ0) is 13.8. The second-order valence-electron chi connectivity index (χ2n) is 4.17. The van der Waals surface area contributed by atoms with Crippen molar-refractivity contribution in [1.29, 1.82) is 0 Å². The highest BCUT2D eigenvalue weighted by Gasteiger charge is 2.22. The van der Waals surface area contributed by atoms with Gasteiger partial charge < -0.3 is 14.2 Å². The predicted octanol–water partition coefficient (Wildman–Crippen LogP) is 3.94. The second-order valence-corrected chi connectivity index (χ2v) is 4.98. The van der Waals surface area contributed by atoms with E-state index in [2.05, 4.69) is 20.9 Å². The van der Waals surface area contributed by atoms with E-state index < -0.39 is 6.29 Å². The van der Waals surface area contributed by atoms with Crippen LogP contribution in [0.25, 0.3) is 0 Å². The molecule has 0 radical (unpaired) electrons. The number of rotatable bonds is 4. The van der Waals surface area contributed by atoms with E-state index in [1.54, 1.807) is 0 Å². The quantitative estimate of drug-likeness (QED) is 0.794. The van der Waals surface area contributed by atoms with Gasteiger partial charge in [-0.25, -0.2) is 4.98 Å². The molecule has 0 N–H and O–H groups in total. The first kappa shape index (κ1) is 13.0. The standard InChI is InChI=1S/C15H12BrNO3/c16-13-7-6-12(14(17-13)15-18-8-9-19-15)20-10-11-4-2-1-3-5-11/h1-9,15H,10H2. The van der Waals surface area contributed by atoms with Crippen LogP contribution in [0.5, 0.6) is 5.75 Å². The molecule has 0 fully saturated rings. The number of ether oxygens (including phenoxy) is 3. The van der Waals surface area contributed by atoms with E-state index in [9.17, 15) is 0 Å². The molecule has 4 nitrogen and oxygen atoms in total. The Kier molecular flexibility index (Phi) is 3.87. The SMILES string of the molecule is Brc1ccc(OCc2ccccc2)c(C2OC=CO2)n1. The van der Waals surface area contributed by atoms with E-state index in [-0.39, 0.29) is 0 Å². The van der Waals surface area contributed by atoms with Crippen LogP contribution in [0.3, 0.4) is 0 Å². The van der Waals surface area contributed by atoms with E-state index in [0.29, 0.717) is 22.7 Å². The third kappa shape index (κ3) is 2.93. The molecule has 0 atom stereocenters. The van der Waals surface area contributed by atoms with Crippen LogP contribution >= 0.6 is 15.9 Å². The lowest BCUT2D eigenvalue weighted by Gasteiger charge is -2.15. The molecular weight excluding hydrogens is 322 g/mol. The van der Waals surface area contributed by atoms with Crippen molar-refractivity contribution < 1.29 is 14.2 Å². The number of halogens is 1. The van der Waals surface area contributed by atoms with Gasteiger partial charge in [-0.3, -0.25) is 0 Å². The van der Waals surface area contributed by atoms with Gasteiger partial charge in [0.2, 0.25) is 0 Å². The molecule has 5 heteroatoms. The summed E-state index contributed by atoms with van der Waals surface area (Å²) in [6.07, 6.45) is 2.43. The maximum atomic E-state index is 5.82. The Balaban J connectivity index is 1.78. The lowest BCUT2D eigenvalue weighted by molar-refractivity contribution is -0.0301. The first-order valence-corrected chi connectivity index (χ1v) is 6.91. The van der Waals surface area contributed by atoms with Crippen LogP contribution in [0.2, 0.25) is 0 Å². The maximum Gasteiger partial charge on any atom is 0.287 e. The Morgan fingerprint density at radius 3 is 2.55 bits per heavy atom. The van der Waals surface area contributed by atoms with Gasteiger partial charge in [-0.05, 0) is 33.6 Å². The van der Waals surface area contributed by atoms with Crippen LogP contribution in [0, 0.1) is 0 Å². The van der Waals surface area contributed by atoms with Gasteiger partial charge in [0.25, 0.3) is 6.29 Å². The van der Waals surface area contributed by atoms with Crippen LogP contribution in [0.15, 0.2) is 59.6 Å². The van der Waals surface area contributed by atoms with Gasteiger partial charge in [-0.1, -0.05) is 30.3 Å². The largest absolute Gasteiger partial charge is 0.487 e. The minimum absolute atomic E-state index is 0.470. The fraction of sp³-hybridized carbons (Fsp3) is 0.133. The number of benzene rings is 1. The highest BCUT2D eigenvalue weighted by atomic mass is 79.9. The van der Waals surface area contributed by atoms with Gasteiger partial charge in [-0.15, -0.1) is 0 Å². The van der Waals surface area contributed by atoms with Gasteiger partial charge >= 0.3 is 0 Å². The summed E-state index contributed by atoms with van der Waals surface area (Å²) in [4.78, 5) is 4.37. The molecule has 0 bridgehead atoms. The van der Waals surface area contributed by atoms with Crippen LogP contribution < -0.4 is 4.74 Å². The molecule has 0 spiro atoms. The van der Waals surface area contributed by atoms with Crippen LogP contribution in [-0.2, 0) is 16.1 Å². The number of nitrogens with zero attached hydrogens (tertiary/aromatic N) is 1. The first-order valence-electron chi connectivity index (χ1n) is 6.12. The Morgan fingerprint density at radius 1 is 1.05 bits per heavy atom. The van der Waals surface area contributed by atoms with Crippen molar-refractivity contribution in [2.45, 2.75) is 12.9 Å². The molecule has 2 heterocycles. The molecule has 0 saturated carbocycles. The molecule has 0 aliphatic carbocycles. The van der Waals surface area contributed by atoms with E-state index in [1.165, 1.54) is 12.5 Å². The third-order valence-electron chi connectivity index (χ3n) is 2.77. The van der Waals surface area contributed by atoms with E-state index in [0.717, 1.165) is 5.56 Å². The van der Waals surface area contributed by atoms with E-state index in [1.807, 2.05) is 42.5 Å². The molecule has 1 aromatic carbocycles. The molecule has 1 aromatic heterocycles. The smallest absolute Gasteiger partial charge is 0.287 e. The molecule has 1 aliphatic heterocycles. The monoisotopic (exact) mass is 333 g/mol. The number of hydrogen-bond acceptors (Lipinski definition) is 4. The minimum atomic E-state index is -0.557. The van der Waals surface area contributed by atoms with Gasteiger partial charge in [0.1, 0.15) is 29.5 Å². The van der Waals surface area contributed by atoms with Gasteiger partial charge in [0.05, 0.1) is 0 Å². The zero-order valence-electron chi connectivity index (χ0n) is 10.5. The Morgan fingerprint density at radius 2 is 1.80 bits per heavy atom. The summed E-state index contributed by atoms with van der Waals surface area (Å²) in [6, 6.07) is 13.6. The topological polar surface area (TPSA) is 40.6 Å². The van der Waals surface area contributed by atoms with Crippen molar-refractivity contribution >= 4 is 15.9 Å². The Hall–Kier alpha value is -2.01. The van der Waals surface area contributed by atoms with Crippen molar-refractivity contribution in [1.82, 2.24) is 4.98 Å². The van der Waals surface area contributed by atoms with Crippen molar-refractivity contribution in [3.05, 3.63) is 70.8 Å². The molecule has 102 valence electrons. The molecular formula is C15H12BrNO3. The lowest BCUT2D eigenvalue weighted by Crippen LogP contribution is -2.06. The Bertz CT molecular complexity index is 608. The van der Waals surface area contributed by atoms with Crippen LogP contribution in [0.4, 0.5) is 0 Å². The van der Waals surface area contributed by atoms with Gasteiger partial charge in [0.15, 0.2) is 5.69 Å². The van der Waals surface area contributed by atoms with Crippen LogP contribution in [-0.4, -0.2) is 4.98 Å². The highest BCUT2D eigenvalue weighted by molar-refractivity contribution is 9.10. The molecule has 0 unspecified atom stereocenters. The summed E-state index contributed by atoms with van der Waals surface area (Å²) >= 11 is 3.34. The summed E-state index contributed by atoms with van der Waals surface area (Å²) in [5.74, 6) is 0.644. The van der Waals surface area contributed by atoms with Crippen molar-refractivity contribution in [2.75, 3.05) is 0 Å². The summed E-state index contributed by atoms with van der Waals surface area (Å²) < 4.78 is 17.2. The fourth-order valence-electron chi connectivity index (χ4n) is 1.83. The van der Waals surface area contributed by atoms with Crippen molar-refractivity contribution in [2.24, 2.45) is 0 Å². The summed E-state index contributed by atoms with van der Waals surface area (Å²) in [7, 11) is 0. The third-order valence-corrected chi connectivity index (χ3v) is 3.21. The summed E-state index contributed by atoms with van der Waals surface area (Å²) in [5.41, 5.74) is 1.70. The average Bonchev–Trinajstić information content (AvgIpc) is 3.01.